The van der Waals surface area contributed by atoms with Gasteiger partial charge in [-0.2, -0.15) is 0 Å². The number of sulfonamides is 1. The zero-order valence-corrected chi connectivity index (χ0v) is 18.3. The van der Waals surface area contributed by atoms with Gasteiger partial charge in [-0.15, -0.1) is 0 Å². The van der Waals surface area contributed by atoms with Crippen molar-refractivity contribution in [1.29, 1.82) is 0 Å². The molecule has 31 heavy (non-hydrogen) atoms. The summed E-state index contributed by atoms with van der Waals surface area (Å²) >= 11 is 0. The summed E-state index contributed by atoms with van der Waals surface area (Å²) in [5.41, 5.74) is 0.686. The number of carbonyl (C=O) groups excluding carboxylic acids is 2. The van der Waals surface area contributed by atoms with Crippen LogP contribution in [0, 0.1) is 17.0 Å². The summed E-state index contributed by atoms with van der Waals surface area (Å²) in [6.45, 7) is 3.22. The third-order valence-corrected chi connectivity index (χ3v) is 5.69. The van der Waals surface area contributed by atoms with Gasteiger partial charge in [-0.1, -0.05) is 19.1 Å². The number of ether oxygens (including phenoxy) is 1. The van der Waals surface area contributed by atoms with Crippen LogP contribution < -0.4 is 9.62 Å². The fraction of sp³-hybridized carbons (Fsp3) is 0.300. The molecule has 0 aliphatic carbocycles. The summed E-state index contributed by atoms with van der Waals surface area (Å²) in [5.74, 6) is -1.24. The Balaban J connectivity index is 2.47. The van der Waals surface area contributed by atoms with Gasteiger partial charge in [0.05, 0.1) is 29.5 Å². The molecule has 1 amide bonds. The van der Waals surface area contributed by atoms with Gasteiger partial charge < -0.3 is 10.1 Å². The normalized spacial score (nSPS) is 12.0. The zero-order valence-electron chi connectivity index (χ0n) is 17.5. The number of nitro benzene ring substituents is 1. The Bertz CT molecular complexity index is 1120. The van der Waals surface area contributed by atoms with Crippen molar-refractivity contribution in [3.8, 4) is 0 Å². The van der Waals surface area contributed by atoms with Crippen LogP contribution in [-0.4, -0.2) is 44.6 Å². The van der Waals surface area contributed by atoms with Crippen molar-refractivity contribution in [2.24, 2.45) is 0 Å². The number of hydrogen-bond acceptors (Lipinski definition) is 7. The molecule has 0 spiro atoms. The molecule has 1 N–H and O–H groups in total. The third-order valence-electron chi connectivity index (χ3n) is 4.52. The van der Waals surface area contributed by atoms with Gasteiger partial charge in [0.15, 0.2) is 0 Å². The number of benzene rings is 2. The minimum atomic E-state index is -3.98. The van der Waals surface area contributed by atoms with Crippen LogP contribution in [0.5, 0.6) is 0 Å². The summed E-state index contributed by atoms with van der Waals surface area (Å²) in [5, 5.41) is 13.8. The summed E-state index contributed by atoms with van der Waals surface area (Å²) in [6.07, 6.45) is 1.02. The number of rotatable bonds is 8. The molecule has 0 saturated heterocycles. The molecule has 0 unspecified atom stereocenters. The number of amides is 1. The number of nitrogens with one attached hydrogen (secondary N) is 1. The summed E-state index contributed by atoms with van der Waals surface area (Å²) in [4.78, 5) is 35.3. The zero-order chi connectivity index (χ0) is 23.3. The molecule has 0 heterocycles. The first kappa shape index (κ1) is 23.8. The molecule has 0 saturated carbocycles. The van der Waals surface area contributed by atoms with E-state index in [1.54, 1.807) is 26.0 Å². The lowest BCUT2D eigenvalue weighted by Crippen LogP contribution is -2.47. The monoisotopic (exact) mass is 449 g/mol. The van der Waals surface area contributed by atoms with Crippen molar-refractivity contribution < 1.29 is 27.7 Å². The lowest BCUT2D eigenvalue weighted by molar-refractivity contribution is -0.384. The highest BCUT2D eigenvalue weighted by Gasteiger charge is 2.33. The van der Waals surface area contributed by atoms with Crippen LogP contribution in [0.25, 0.3) is 0 Å². The third kappa shape index (κ3) is 5.57. The SMILES string of the molecule is CC[C@H](C(=O)Nc1cccc(C(=O)OC)c1)N(c1cc([N+](=O)[O-])ccc1C)S(C)(=O)=O. The number of hydrogen-bond donors (Lipinski definition) is 1. The highest BCUT2D eigenvalue weighted by atomic mass is 32.2. The van der Waals surface area contributed by atoms with Crippen molar-refractivity contribution in [2.75, 3.05) is 23.0 Å². The van der Waals surface area contributed by atoms with E-state index in [4.69, 9.17) is 0 Å². The van der Waals surface area contributed by atoms with Gasteiger partial charge in [-0.05, 0) is 37.1 Å². The number of methoxy groups -OCH3 is 1. The standard InChI is InChI=1S/C20H23N3O7S/c1-5-17(19(24)21-15-8-6-7-14(11-15)20(25)30-3)22(31(4,28)29)18-12-16(23(26)27)10-9-13(18)2/h6-12,17H,5H2,1-4H3,(H,21,24)/t17-/m1/s1. The van der Waals surface area contributed by atoms with E-state index in [1.165, 1.54) is 31.4 Å². The predicted molar refractivity (Wildman–Crippen MR) is 116 cm³/mol. The molecule has 0 bridgehead atoms. The molecule has 2 aromatic carbocycles. The smallest absolute Gasteiger partial charge is 0.337 e. The van der Waals surface area contributed by atoms with Gasteiger partial charge in [-0.3, -0.25) is 19.2 Å². The summed E-state index contributed by atoms with van der Waals surface area (Å²) in [7, 11) is -2.75. The molecular weight excluding hydrogens is 426 g/mol. The highest BCUT2D eigenvalue weighted by Crippen LogP contribution is 2.30. The van der Waals surface area contributed by atoms with Crippen molar-refractivity contribution >= 4 is 39.0 Å². The van der Waals surface area contributed by atoms with E-state index in [2.05, 4.69) is 10.1 Å². The lowest BCUT2D eigenvalue weighted by Gasteiger charge is -2.31. The second-order valence-corrected chi connectivity index (χ2v) is 8.63. The number of nitro groups is 1. The second kappa shape index (κ2) is 9.56. The fourth-order valence-corrected chi connectivity index (χ4v) is 4.31. The van der Waals surface area contributed by atoms with E-state index in [1.807, 2.05) is 0 Å². The molecule has 0 aliphatic rings. The van der Waals surface area contributed by atoms with E-state index in [0.29, 0.717) is 5.56 Å². The van der Waals surface area contributed by atoms with E-state index in [9.17, 15) is 28.1 Å². The minimum absolute atomic E-state index is 0.0435. The first-order valence-corrected chi connectivity index (χ1v) is 11.1. The van der Waals surface area contributed by atoms with Gasteiger partial charge in [0.2, 0.25) is 15.9 Å². The molecular formula is C20H23N3O7S. The van der Waals surface area contributed by atoms with E-state index in [0.717, 1.165) is 16.6 Å². The Hall–Kier alpha value is -3.47. The average Bonchev–Trinajstić information content (AvgIpc) is 2.71. The largest absolute Gasteiger partial charge is 0.465 e. The lowest BCUT2D eigenvalue weighted by atomic mass is 10.1. The van der Waals surface area contributed by atoms with Gasteiger partial charge in [0, 0.05) is 17.8 Å². The van der Waals surface area contributed by atoms with Crippen LogP contribution in [0.2, 0.25) is 0 Å². The molecule has 0 aromatic heterocycles. The topological polar surface area (TPSA) is 136 Å². The van der Waals surface area contributed by atoms with Gasteiger partial charge in [0.1, 0.15) is 6.04 Å². The number of aryl methyl sites for hydroxylation is 1. The van der Waals surface area contributed by atoms with E-state index in [-0.39, 0.29) is 29.0 Å². The Labute approximate surface area is 180 Å². The number of esters is 1. The maximum Gasteiger partial charge on any atom is 0.337 e. The van der Waals surface area contributed by atoms with Gasteiger partial charge >= 0.3 is 5.97 Å². The maximum absolute atomic E-state index is 13.0. The number of nitrogens with zero attached hydrogens (tertiary/aromatic N) is 2. The quantitative estimate of drug-likeness (QED) is 0.372. The van der Waals surface area contributed by atoms with Gasteiger partial charge in [0.25, 0.3) is 5.69 Å². The number of anilines is 2. The van der Waals surface area contributed by atoms with Crippen LogP contribution in [0.4, 0.5) is 17.1 Å². The number of non-ortho nitro benzene ring substituents is 1. The second-order valence-electron chi connectivity index (χ2n) is 6.77. The van der Waals surface area contributed by atoms with Crippen molar-refractivity contribution in [2.45, 2.75) is 26.3 Å². The molecule has 11 heteroatoms. The molecule has 10 nitrogen and oxygen atoms in total. The fourth-order valence-electron chi connectivity index (χ4n) is 3.05. The number of carbonyl (C=O) groups is 2. The Kier molecular flexibility index (Phi) is 7.34. The van der Waals surface area contributed by atoms with Crippen molar-refractivity contribution in [3.63, 3.8) is 0 Å². The van der Waals surface area contributed by atoms with Crippen molar-refractivity contribution in [3.05, 3.63) is 63.7 Å². The average molecular weight is 449 g/mol. The molecule has 1 atom stereocenters. The maximum atomic E-state index is 13.0. The first-order chi connectivity index (χ1) is 14.5. The molecule has 0 aliphatic heterocycles. The van der Waals surface area contributed by atoms with E-state index < -0.39 is 32.9 Å². The Morgan fingerprint density at radius 3 is 2.45 bits per heavy atom. The highest BCUT2D eigenvalue weighted by molar-refractivity contribution is 7.92. The van der Waals surface area contributed by atoms with E-state index >= 15 is 0 Å². The predicted octanol–water partition coefficient (Wildman–Crippen LogP) is 2.87. The summed E-state index contributed by atoms with van der Waals surface area (Å²) < 4.78 is 30.8. The Morgan fingerprint density at radius 2 is 1.90 bits per heavy atom. The Morgan fingerprint density at radius 1 is 1.23 bits per heavy atom. The first-order valence-electron chi connectivity index (χ1n) is 9.23. The molecule has 166 valence electrons. The summed E-state index contributed by atoms with van der Waals surface area (Å²) in [6, 6.07) is 8.63. The van der Waals surface area contributed by atoms with Crippen LogP contribution >= 0.6 is 0 Å². The van der Waals surface area contributed by atoms with Crippen LogP contribution in [0.3, 0.4) is 0 Å². The van der Waals surface area contributed by atoms with Crippen LogP contribution in [0.1, 0.15) is 29.3 Å². The van der Waals surface area contributed by atoms with Crippen LogP contribution in [-0.2, 0) is 19.6 Å². The minimum Gasteiger partial charge on any atom is -0.465 e. The van der Waals surface area contributed by atoms with Crippen LogP contribution in [0.15, 0.2) is 42.5 Å². The molecule has 2 rings (SSSR count). The van der Waals surface area contributed by atoms with Crippen molar-refractivity contribution in [1.82, 2.24) is 0 Å². The van der Waals surface area contributed by atoms with Gasteiger partial charge in [-0.25, -0.2) is 13.2 Å². The molecule has 0 radical (unpaired) electrons. The molecule has 2 aromatic rings. The molecule has 0 fully saturated rings.